The lowest BCUT2D eigenvalue weighted by Gasteiger charge is -2.20. The summed E-state index contributed by atoms with van der Waals surface area (Å²) in [5.74, 6) is 0. The van der Waals surface area contributed by atoms with Crippen LogP contribution in [0.2, 0.25) is 0 Å². The Kier molecular flexibility index (Phi) is 1.67. The molecule has 16 heavy (non-hydrogen) atoms. The topological polar surface area (TPSA) is 46.5 Å². The maximum Gasteiger partial charge on any atom is 0.116 e. The minimum absolute atomic E-state index is 0.0470. The summed E-state index contributed by atoms with van der Waals surface area (Å²) in [4.78, 5) is 8.50. The molecule has 0 aliphatic carbocycles. The number of benzene rings is 1. The third-order valence-electron chi connectivity index (χ3n) is 2.80. The summed E-state index contributed by atoms with van der Waals surface area (Å²) in [6.07, 6.45) is 3.71. The van der Waals surface area contributed by atoms with Crippen LogP contribution >= 0.6 is 0 Å². The van der Waals surface area contributed by atoms with Crippen LogP contribution in [0.25, 0.3) is 21.9 Å². The number of nitrogens with one attached hydrogen (secondary N) is 1. The Morgan fingerprint density at radius 1 is 1.19 bits per heavy atom. The minimum atomic E-state index is 0.0470. The molecule has 0 amide bonds. The van der Waals surface area contributed by atoms with E-state index in [2.05, 4.69) is 52.8 Å². The summed E-state index contributed by atoms with van der Waals surface area (Å²) in [5.41, 5.74) is 3.07. The Bertz CT molecular complexity index is 654. The number of hydrogen-bond acceptors (Lipinski definition) is 2. The first-order chi connectivity index (χ1) is 7.55. The van der Waals surface area contributed by atoms with E-state index in [-0.39, 0.29) is 5.54 Å². The van der Waals surface area contributed by atoms with Crippen LogP contribution in [-0.4, -0.2) is 19.7 Å². The average molecular weight is 214 g/mol. The maximum absolute atomic E-state index is 4.30. The summed E-state index contributed by atoms with van der Waals surface area (Å²) in [7, 11) is 0. The van der Waals surface area contributed by atoms with Crippen molar-refractivity contribution in [3.63, 3.8) is 0 Å². The van der Waals surface area contributed by atoms with E-state index in [9.17, 15) is 0 Å². The molecule has 2 heterocycles. The van der Waals surface area contributed by atoms with Crippen LogP contribution in [0.15, 0.2) is 24.7 Å². The van der Waals surface area contributed by atoms with Gasteiger partial charge in [0.15, 0.2) is 0 Å². The van der Waals surface area contributed by atoms with Crippen molar-refractivity contribution < 1.29 is 0 Å². The van der Waals surface area contributed by atoms with Gasteiger partial charge in [0.25, 0.3) is 0 Å². The molecule has 3 rings (SSSR count). The molecule has 0 spiro atoms. The molecular weight excluding hydrogens is 200 g/mol. The average Bonchev–Trinajstić information content (AvgIpc) is 2.81. The summed E-state index contributed by atoms with van der Waals surface area (Å²) < 4.78 is 2.10. The van der Waals surface area contributed by atoms with Gasteiger partial charge in [-0.05, 0) is 32.9 Å². The molecule has 0 radical (unpaired) electrons. The molecule has 0 aliphatic rings. The molecular formula is C12H14N4. The highest BCUT2D eigenvalue weighted by molar-refractivity contribution is 6.02. The van der Waals surface area contributed by atoms with Gasteiger partial charge in [0.1, 0.15) is 11.8 Å². The largest absolute Gasteiger partial charge is 0.298 e. The molecule has 4 heteroatoms. The SMILES string of the molecule is CC(C)(C)n1cc2c(ccc3ncnc32)[nH]1. The highest BCUT2D eigenvalue weighted by atomic mass is 15.3. The van der Waals surface area contributed by atoms with Gasteiger partial charge in [-0.3, -0.25) is 9.78 Å². The zero-order valence-electron chi connectivity index (χ0n) is 9.65. The number of rotatable bonds is 0. The second-order valence-electron chi connectivity index (χ2n) is 5.05. The predicted molar refractivity (Wildman–Crippen MR) is 64.4 cm³/mol. The Balaban J connectivity index is 2.39. The third-order valence-corrected chi connectivity index (χ3v) is 2.80. The van der Waals surface area contributed by atoms with Gasteiger partial charge < -0.3 is 0 Å². The van der Waals surface area contributed by atoms with Crippen LogP contribution in [-0.2, 0) is 5.54 Å². The molecule has 0 bridgehead atoms. The zero-order valence-corrected chi connectivity index (χ0v) is 9.65. The standard InChI is InChI=1S/C12H14N4/c1-12(2,3)16-6-8-9(15-16)4-5-10-11(8)14-7-13-10/h4-7,15H,1-3H3. The molecule has 4 nitrogen and oxygen atoms in total. The number of H-pyrrole nitrogens is 1. The van der Waals surface area contributed by atoms with Gasteiger partial charge >= 0.3 is 0 Å². The van der Waals surface area contributed by atoms with Crippen LogP contribution in [0.5, 0.6) is 0 Å². The van der Waals surface area contributed by atoms with Gasteiger partial charge in [0.05, 0.1) is 16.6 Å². The van der Waals surface area contributed by atoms with Crippen molar-refractivity contribution in [3.8, 4) is 0 Å². The fourth-order valence-electron chi connectivity index (χ4n) is 1.87. The van der Waals surface area contributed by atoms with Crippen LogP contribution in [0.1, 0.15) is 20.8 Å². The van der Waals surface area contributed by atoms with Crippen molar-refractivity contribution in [2.45, 2.75) is 26.3 Å². The fraction of sp³-hybridized carbons (Fsp3) is 0.333. The summed E-state index contributed by atoms with van der Waals surface area (Å²) in [6.45, 7) is 6.49. The molecule has 1 aromatic carbocycles. The first-order valence-corrected chi connectivity index (χ1v) is 5.37. The van der Waals surface area contributed by atoms with Crippen LogP contribution in [0.3, 0.4) is 0 Å². The van der Waals surface area contributed by atoms with E-state index in [0.717, 1.165) is 21.9 Å². The Morgan fingerprint density at radius 3 is 2.75 bits per heavy atom. The van der Waals surface area contributed by atoms with E-state index in [0.29, 0.717) is 0 Å². The molecule has 3 aromatic rings. The fourth-order valence-corrected chi connectivity index (χ4v) is 1.87. The van der Waals surface area contributed by atoms with Crippen molar-refractivity contribution in [3.05, 3.63) is 24.7 Å². The number of hydrogen-bond donors (Lipinski definition) is 1. The second kappa shape index (κ2) is 2.84. The molecule has 82 valence electrons. The molecule has 0 fully saturated rings. The molecule has 0 aliphatic heterocycles. The zero-order chi connectivity index (χ0) is 11.3. The maximum atomic E-state index is 4.30. The minimum Gasteiger partial charge on any atom is -0.298 e. The molecule has 0 unspecified atom stereocenters. The predicted octanol–water partition coefficient (Wildman–Crippen LogP) is 2.67. The van der Waals surface area contributed by atoms with Gasteiger partial charge in [-0.15, -0.1) is 0 Å². The van der Waals surface area contributed by atoms with Gasteiger partial charge in [-0.2, -0.15) is 0 Å². The van der Waals surface area contributed by atoms with E-state index in [4.69, 9.17) is 0 Å². The van der Waals surface area contributed by atoms with Gasteiger partial charge in [-0.25, -0.2) is 9.97 Å². The number of fused-ring (bicyclic) bond motifs is 3. The third kappa shape index (κ3) is 1.23. The van der Waals surface area contributed by atoms with Crippen molar-refractivity contribution in [2.75, 3.05) is 0 Å². The van der Waals surface area contributed by atoms with Crippen molar-refractivity contribution in [2.24, 2.45) is 0 Å². The smallest absolute Gasteiger partial charge is 0.116 e. The van der Waals surface area contributed by atoms with Crippen LogP contribution in [0.4, 0.5) is 0 Å². The lowest BCUT2D eigenvalue weighted by molar-refractivity contribution is 0.358. The van der Waals surface area contributed by atoms with E-state index >= 15 is 0 Å². The number of aromatic amines is 1. The van der Waals surface area contributed by atoms with Gasteiger partial charge in [0.2, 0.25) is 0 Å². The van der Waals surface area contributed by atoms with E-state index in [1.54, 1.807) is 6.33 Å². The number of imidazole rings is 1. The normalized spacial score (nSPS) is 12.7. The second-order valence-corrected chi connectivity index (χ2v) is 5.05. The molecule has 1 N–H and O–H groups in total. The monoisotopic (exact) mass is 214 g/mol. The molecule has 0 saturated heterocycles. The lowest BCUT2D eigenvalue weighted by atomic mass is 10.1. The Labute approximate surface area is 93.3 Å². The highest BCUT2D eigenvalue weighted by Gasteiger charge is 2.15. The van der Waals surface area contributed by atoms with Crippen molar-refractivity contribution >= 4 is 21.9 Å². The van der Waals surface area contributed by atoms with E-state index in [1.165, 1.54) is 0 Å². The molecule has 2 aromatic heterocycles. The number of nitrogens with zero attached hydrogens (tertiary/aromatic N) is 3. The van der Waals surface area contributed by atoms with Crippen LogP contribution in [0, 0.1) is 0 Å². The summed E-state index contributed by atoms with van der Waals surface area (Å²) >= 11 is 0. The van der Waals surface area contributed by atoms with E-state index < -0.39 is 0 Å². The van der Waals surface area contributed by atoms with E-state index in [1.807, 2.05) is 6.07 Å². The van der Waals surface area contributed by atoms with Gasteiger partial charge in [0, 0.05) is 11.6 Å². The Hall–Kier alpha value is -1.84. The van der Waals surface area contributed by atoms with Gasteiger partial charge in [-0.1, -0.05) is 0 Å². The summed E-state index contributed by atoms with van der Waals surface area (Å²) in [5, 5.41) is 4.50. The highest BCUT2D eigenvalue weighted by Crippen LogP contribution is 2.24. The summed E-state index contributed by atoms with van der Waals surface area (Å²) in [6, 6.07) is 4.04. The van der Waals surface area contributed by atoms with Crippen molar-refractivity contribution in [1.29, 1.82) is 0 Å². The number of aromatic nitrogens is 4. The Morgan fingerprint density at radius 2 is 2.00 bits per heavy atom. The molecule has 0 saturated carbocycles. The molecule has 0 atom stereocenters. The lowest BCUT2D eigenvalue weighted by Crippen LogP contribution is -2.21. The van der Waals surface area contributed by atoms with Crippen LogP contribution < -0.4 is 0 Å². The first-order valence-electron chi connectivity index (χ1n) is 5.37. The van der Waals surface area contributed by atoms with Crippen molar-refractivity contribution in [1.82, 2.24) is 19.7 Å². The first kappa shape index (κ1) is 9.39. The quantitative estimate of drug-likeness (QED) is 0.625.